The zero-order valence-corrected chi connectivity index (χ0v) is 15.4. The van der Waals surface area contributed by atoms with Crippen molar-refractivity contribution in [1.29, 1.82) is 10.5 Å². The number of nitrogens with one attached hydrogen (secondary N) is 2. The fourth-order valence-corrected chi connectivity index (χ4v) is 4.58. The molecule has 0 aliphatic carbocycles. The number of amides is 1. The second-order valence-corrected chi connectivity index (χ2v) is 8.40. The molecule has 2 N–H and O–H groups in total. The van der Waals surface area contributed by atoms with E-state index in [4.69, 9.17) is 10.5 Å². The summed E-state index contributed by atoms with van der Waals surface area (Å²) in [6.45, 7) is 1.92. The van der Waals surface area contributed by atoms with Crippen LogP contribution in [0.3, 0.4) is 0 Å². The lowest BCUT2D eigenvalue weighted by Gasteiger charge is -2.15. The summed E-state index contributed by atoms with van der Waals surface area (Å²) >= 11 is 0. The van der Waals surface area contributed by atoms with Gasteiger partial charge in [-0.05, 0) is 31.0 Å². The maximum atomic E-state index is 12.6. The number of hydrogen-bond donors (Lipinski definition) is 2. The molecule has 2 heterocycles. The van der Waals surface area contributed by atoms with Crippen molar-refractivity contribution in [2.75, 3.05) is 26.2 Å². The monoisotopic (exact) mass is 392 g/mol. The number of rotatable bonds is 5. The second kappa shape index (κ2) is 7.82. The molecule has 1 aromatic carbocycles. The summed E-state index contributed by atoms with van der Waals surface area (Å²) in [6.07, 6.45) is 5.29. The van der Waals surface area contributed by atoms with E-state index in [0.29, 0.717) is 39.0 Å². The molecule has 0 radical (unpaired) electrons. The minimum atomic E-state index is -3.79. The molecule has 10 heteroatoms. The van der Waals surface area contributed by atoms with E-state index in [1.54, 1.807) is 11.0 Å². The molecule has 3 rings (SSSR count). The zero-order valence-electron chi connectivity index (χ0n) is 14.6. The molecular weight excluding hydrogens is 368 g/mol. The maximum Gasteiger partial charge on any atom is 0.251 e. The van der Waals surface area contributed by atoms with Crippen LogP contribution in [0, 0.1) is 22.9 Å². The Labute approximate surface area is 161 Å². The van der Waals surface area contributed by atoms with Crippen LogP contribution in [-0.4, -0.2) is 62.4 Å². The third kappa shape index (κ3) is 4.48. The summed E-state index contributed by atoms with van der Waals surface area (Å²) in [5.74, 6) is -0.367. The van der Waals surface area contributed by atoms with Crippen molar-refractivity contribution in [3.8, 4) is 12.4 Å². The molecule has 27 heavy (non-hydrogen) atoms. The van der Waals surface area contributed by atoms with Gasteiger partial charge in [-0.1, -0.05) is 6.07 Å². The van der Waals surface area contributed by atoms with Gasteiger partial charge in [0.1, 0.15) is 0 Å². The van der Waals surface area contributed by atoms with Gasteiger partial charge in [-0.2, -0.15) is 10.5 Å². The molecule has 2 fully saturated rings. The van der Waals surface area contributed by atoms with Crippen molar-refractivity contribution in [3.63, 3.8) is 0 Å². The highest BCUT2D eigenvalue weighted by molar-refractivity contribution is 7.89. The van der Waals surface area contributed by atoms with Gasteiger partial charge in [0.2, 0.25) is 10.0 Å². The van der Waals surface area contributed by atoms with Gasteiger partial charge in [-0.3, -0.25) is 4.79 Å². The smallest absolute Gasteiger partial charge is 0.251 e. The van der Waals surface area contributed by atoms with Crippen LogP contribution in [0.15, 0.2) is 29.2 Å². The molecule has 1 amide bonds. The standard InChI is InChI=1S/C17H20N6O3S.2H2/c18-11-22-6-4-14(9-22)20-17(24)13-2-1-3-16(8-13)27(25,26)21-15-5-7-23(10-15)12-19;;/h1-3,8,14-15,21H,4-7,9-10H2,(H,20,24);2*1H/t14-,15-;;/m1../s1. The minimum Gasteiger partial charge on any atom is -0.347 e. The number of nitriles is 2. The van der Waals surface area contributed by atoms with E-state index in [1.165, 1.54) is 23.1 Å². The molecule has 9 nitrogen and oxygen atoms in total. The average Bonchev–Trinajstić information content (AvgIpc) is 3.30. The van der Waals surface area contributed by atoms with Crippen LogP contribution in [0.25, 0.3) is 0 Å². The maximum absolute atomic E-state index is 12.6. The molecule has 1 aromatic rings. The summed E-state index contributed by atoms with van der Waals surface area (Å²) in [6, 6.07) is 5.39. The number of hydrogen-bond acceptors (Lipinski definition) is 7. The van der Waals surface area contributed by atoms with Gasteiger partial charge in [0, 0.05) is 46.7 Å². The van der Waals surface area contributed by atoms with E-state index in [2.05, 4.69) is 10.0 Å². The van der Waals surface area contributed by atoms with E-state index in [0.717, 1.165) is 0 Å². The molecule has 2 atom stereocenters. The van der Waals surface area contributed by atoms with E-state index in [1.807, 2.05) is 12.4 Å². The van der Waals surface area contributed by atoms with E-state index in [-0.39, 0.29) is 31.3 Å². The molecule has 146 valence electrons. The third-order valence-electron chi connectivity index (χ3n) is 4.72. The SMILES string of the molecule is N#CN1CC[C@@H](NC(=O)c2cccc(S(=O)(=O)N[C@@H]3CCN(C#N)C3)c2)C1.[HH].[HH]. The highest BCUT2D eigenvalue weighted by atomic mass is 32.2. The predicted molar refractivity (Wildman–Crippen MR) is 99.6 cm³/mol. The van der Waals surface area contributed by atoms with Crippen LogP contribution >= 0.6 is 0 Å². The van der Waals surface area contributed by atoms with E-state index < -0.39 is 10.0 Å². The van der Waals surface area contributed by atoms with E-state index >= 15 is 0 Å². The summed E-state index contributed by atoms with van der Waals surface area (Å²) in [5, 5.41) is 20.6. The van der Waals surface area contributed by atoms with Crippen molar-refractivity contribution in [2.24, 2.45) is 0 Å². The zero-order chi connectivity index (χ0) is 19.4. The average molecular weight is 392 g/mol. The topological polar surface area (TPSA) is 129 Å². The Kier molecular flexibility index (Phi) is 5.49. The molecule has 0 aromatic heterocycles. The summed E-state index contributed by atoms with van der Waals surface area (Å²) in [5.41, 5.74) is 0.248. The van der Waals surface area contributed by atoms with Crippen LogP contribution in [0.4, 0.5) is 0 Å². The lowest BCUT2D eigenvalue weighted by molar-refractivity contribution is 0.0938. The summed E-state index contributed by atoms with van der Waals surface area (Å²) in [4.78, 5) is 15.5. The predicted octanol–water partition coefficient (Wildman–Crippen LogP) is 0.297. The molecule has 0 unspecified atom stereocenters. The Morgan fingerprint density at radius 1 is 1.11 bits per heavy atom. The molecule has 2 aliphatic heterocycles. The van der Waals surface area contributed by atoms with Crippen molar-refractivity contribution in [1.82, 2.24) is 19.8 Å². The largest absolute Gasteiger partial charge is 0.347 e. The normalized spacial score (nSPS) is 22.3. The summed E-state index contributed by atoms with van der Waals surface area (Å²) < 4.78 is 27.8. The van der Waals surface area contributed by atoms with Gasteiger partial charge in [-0.25, -0.2) is 13.1 Å². The number of carbonyl (C=O) groups excluding carboxylic acids is 1. The Bertz CT molecular complexity index is 914. The van der Waals surface area contributed by atoms with Crippen molar-refractivity contribution < 1.29 is 16.1 Å². The van der Waals surface area contributed by atoms with Gasteiger partial charge in [0.25, 0.3) is 5.91 Å². The first-order chi connectivity index (χ1) is 12.9. The van der Waals surface area contributed by atoms with Crippen LogP contribution in [0.2, 0.25) is 0 Å². The lowest BCUT2D eigenvalue weighted by atomic mass is 10.2. The Balaban J connectivity index is 0.00000210. The highest BCUT2D eigenvalue weighted by Gasteiger charge is 2.28. The third-order valence-corrected chi connectivity index (χ3v) is 6.24. The van der Waals surface area contributed by atoms with Crippen molar-refractivity contribution in [3.05, 3.63) is 29.8 Å². The molecule has 0 spiro atoms. The number of nitrogens with zero attached hydrogens (tertiary/aromatic N) is 4. The minimum absolute atomic E-state index is 0. The summed E-state index contributed by atoms with van der Waals surface area (Å²) in [7, 11) is -3.79. The van der Waals surface area contributed by atoms with E-state index in [9.17, 15) is 13.2 Å². The molecular formula is C17H24N6O3S. The van der Waals surface area contributed by atoms with Gasteiger partial charge in [0.05, 0.1) is 4.90 Å². The first kappa shape index (κ1) is 19.0. The second-order valence-electron chi connectivity index (χ2n) is 6.69. The van der Waals surface area contributed by atoms with Gasteiger partial charge in [0.15, 0.2) is 12.4 Å². The van der Waals surface area contributed by atoms with Crippen LogP contribution in [0.1, 0.15) is 26.1 Å². The highest BCUT2D eigenvalue weighted by Crippen LogP contribution is 2.16. The number of sulfonamides is 1. The molecule has 0 bridgehead atoms. The first-order valence-electron chi connectivity index (χ1n) is 8.64. The first-order valence-corrected chi connectivity index (χ1v) is 10.1. The number of benzene rings is 1. The Hall–Kier alpha value is -2.82. The van der Waals surface area contributed by atoms with Crippen molar-refractivity contribution >= 4 is 15.9 Å². The molecule has 2 aliphatic rings. The van der Waals surface area contributed by atoms with Gasteiger partial charge in [-0.15, -0.1) is 0 Å². The van der Waals surface area contributed by atoms with Crippen LogP contribution in [-0.2, 0) is 10.0 Å². The number of carbonyl (C=O) groups is 1. The molecule has 0 saturated carbocycles. The number of likely N-dealkylation sites (tertiary alicyclic amines) is 2. The fraction of sp³-hybridized carbons (Fsp3) is 0.471. The quantitative estimate of drug-likeness (QED) is 0.689. The lowest BCUT2D eigenvalue weighted by Crippen LogP contribution is -2.37. The van der Waals surface area contributed by atoms with Crippen molar-refractivity contribution in [2.45, 2.75) is 29.8 Å². The molecule has 2 saturated heterocycles. The van der Waals surface area contributed by atoms with Gasteiger partial charge < -0.3 is 15.1 Å². The fourth-order valence-electron chi connectivity index (χ4n) is 3.28. The van der Waals surface area contributed by atoms with Crippen LogP contribution < -0.4 is 10.0 Å². The Morgan fingerprint density at radius 3 is 2.37 bits per heavy atom. The van der Waals surface area contributed by atoms with Gasteiger partial charge >= 0.3 is 0 Å². The van der Waals surface area contributed by atoms with Crippen LogP contribution in [0.5, 0.6) is 0 Å². The Morgan fingerprint density at radius 2 is 1.74 bits per heavy atom.